The van der Waals surface area contributed by atoms with E-state index in [1.807, 2.05) is 0 Å². The summed E-state index contributed by atoms with van der Waals surface area (Å²) in [4.78, 5) is 10.6. The molecule has 0 saturated carbocycles. The number of hydrogen-bond donors (Lipinski definition) is 2. The summed E-state index contributed by atoms with van der Waals surface area (Å²) in [6, 6.07) is 1.89. The Bertz CT molecular complexity index is 734. The first-order chi connectivity index (χ1) is 14.1. The molecule has 2 aliphatic rings. The summed E-state index contributed by atoms with van der Waals surface area (Å²) in [5, 5.41) is 34.5. The zero-order valence-electron chi connectivity index (χ0n) is 18.3. The van der Waals surface area contributed by atoms with Crippen LogP contribution >= 0.6 is 11.6 Å². The lowest BCUT2D eigenvalue weighted by Gasteiger charge is -2.54. The molecule has 2 N–H and O–H groups in total. The van der Waals surface area contributed by atoms with Gasteiger partial charge in [-0.2, -0.15) is 4.98 Å². The molecule has 0 aliphatic carbocycles. The summed E-state index contributed by atoms with van der Waals surface area (Å²) in [5.41, 5.74) is -0.556. The van der Waals surface area contributed by atoms with Crippen LogP contribution in [-0.2, 0) is 0 Å². The summed E-state index contributed by atoms with van der Waals surface area (Å²) in [6.07, 6.45) is 3.23. The second kappa shape index (κ2) is 9.27. The lowest BCUT2D eigenvalue weighted by atomic mass is 9.79. The number of quaternary nitrogens is 1. The van der Waals surface area contributed by atoms with Gasteiger partial charge >= 0.3 is 0 Å². The second-order valence-electron chi connectivity index (χ2n) is 9.49. The number of nitrogens with zero attached hydrogens (tertiary/aromatic N) is 6. The molecule has 0 spiro atoms. The standard InChI is InChI=1S/C19H33ClN8O2/c1-18(2)13-15(14-19(3,4)27(18)29)21-7-8-25-9-11-26(12-10-25)28(30)24-16-5-6-22-17(20)23-16/h5-6,15,21,27H,7-14H2,1-4H3. The minimum atomic E-state index is -0.278. The van der Waals surface area contributed by atoms with Gasteiger partial charge in [0, 0.05) is 62.3 Å². The maximum Gasteiger partial charge on any atom is 0.228 e. The molecule has 2 aliphatic heterocycles. The van der Waals surface area contributed by atoms with Crippen molar-refractivity contribution < 1.29 is 10.0 Å². The number of hydroxylamine groups is 2. The maximum atomic E-state index is 12.6. The first-order valence-corrected chi connectivity index (χ1v) is 10.9. The average Bonchev–Trinajstić information content (AvgIpc) is 2.66. The number of aromatic nitrogens is 2. The van der Waals surface area contributed by atoms with E-state index in [4.69, 9.17) is 11.6 Å². The minimum Gasteiger partial charge on any atom is -0.634 e. The normalized spacial score (nSPS) is 27.3. The monoisotopic (exact) mass is 440 g/mol. The van der Waals surface area contributed by atoms with Crippen molar-refractivity contribution in [3.63, 3.8) is 0 Å². The lowest BCUT2D eigenvalue weighted by Crippen LogP contribution is -3.23. The second-order valence-corrected chi connectivity index (χ2v) is 9.83. The predicted octanol–water partition coefficient (Wildman–Crippen LogP) is 0.949. The number of rotatable bonds is 6. The first-order valence-electron chi connectivity index (χ1n) is 10.5. The number of hydrazine groups is 1. The van der Waals surface area contributed by atoms with Crippen molar-refractivity contribution in [2.24, 2.45) is 5.11 Å². The summed E-state index contributed by atoms with van der Waals surface area (Å²) in [5.74, 6) is 0.244. The van der Waals surface area contributed by atoms with Gasteiger partial charge in [-0.05, 0) is 39.3 Å². The van der Waals surface area contributed by atoms with Gasteiger partial charge in [0.1, 0.15) is 0 Å². The fourth-order valence-corrected chi connectivity index (χ4v) is 4.78. The number of hydrogen-bond acceptors (Lipinski definition) is 7. The fraction of sp³-hybridized carbons (Fsp3) is 0.789. The molecule has 1 aromatic rings. The van der Waals surface area contributed by atoms with Crippen LogP contribution in [0.1, 0.15) is 40.5 Å². The topological polar surface area (TPSA) is 110 Å². The SMILES string of the molecule is CC1(C)CC(NCCN2CCN([N+]([O-])=Nc3ccnc(Cl)n3)CC2)CC(C)(C)[NH+]1[O-]. The van der Waals surface area contributed by atoms with Gasteiger partial charge in [0.15, 0.2) is 0 Å². The molecule has 3 rings (SSSR count). The van der Waals surface area contributed by atoms with Gasteiger partial charge in [-0.3, -0.25) is 4.90 Å². The van der Waals surface area contributed by atoms with E-state index >= 15 is 0 Å². The molecule has 2 saturated heterocycles. The van der Waals surface area contributed by atoms with E-state index in [0.717, 1.165) is 39.0 Å². The summed E-state index contributed by atoms with van der Waals surface area (Å²) in [6.45, 7) is 12.8. The molecule has 168 valence electrons. The quantitative estimate of drug-likeness (QED) is 0.223. The van der Waals surface area contributed by atoms with Crippen LogP contribution in [0.25, 0.3) is 0 Å². The third-order valence-corrected chi connectivity index (χ3v) is 6.18. The summed E-state index contributed by atoms with van der Waals surface area (Å²) >= 11 is 5.73. The van der Waals surface area contributed by atoms with Crippen molar-refractivity contribution in [2.75, 3.05) is 39.3 Å². The molecular formula is C19H33ClN8O2. The Balaban J connectivity index is 1.42. The Kier molecular flexibility index (Phi) is 7.13. The van der Waals surface area contributed by atoms with Crippen molar-refractivity contribution in [3.8, 4) is 0 Å². The largest absolute Gasteiger partial charge is 0.634 e. The summed E-state index contributed by atoms with van der Waals surface area (Å²) < 4.78 is 0. The molecule has 2 fully saturated rings. The molecule has 0 unspecified atom stereocenters. The number of piperidine rings is 1. The maximum absolute atomic E-state index is 12.6. The Hall–Kier alpha value is -1.59. The lowest BCUT2D eigenvalue weighted by molar-refractivity contribution is -0.955. The molecular weight excluding hydrogens is 408 g/mol. The third kappa shape index (κ3) is 5.76. The van der Waals surface area contributed by atoms with Gasteiger partial charge in [0.25, 0.3) is 0 Å². The molecule has 3 heterocycles. The van der Waals surface area contributed by atoms with Gasteiger partial charge in [0.2, 0.25) is 11.1 Å². The molecule has 30 heavy (non-hydrogen) atoms. The van der Waals surface area contributed by atoms with E-state index in [1.54, 1.807) is 11.1 Å². The van der Waals surface area contributed by atoms with Gasteiger partial charge in [-0.15, -0.1) is 5.01 Å². The number of nitrogens with one attached hydrogen (secondary N) is 2. The molecule has 0 bridgehead atoms. The molecule has 10 nitrogen and oxygen atoms in total. The predicted molar refractivity (Wildman–Crippen MR) is 114 cm³/mol. The fourth-order valence-electron chi connectivity index (χ4n) is 4.64. The number of piperazine rings is 1. The van der Waals surface area contributed by atoms with E-state index in [-0.39, 0.29) is 22.2 Å². The van der Waals surface area contributed by atoms with E-state index in [1.165, 1.54) is 6.20 Å². The number of halogens is 1. The van der Waals surface area contributed by atoms with Crippen LogP contribution in [0.15, 0.2) is 17.4 Å². The molecule has 0 atom stereocenters. The molecule has 0 amide bonds. The zero-order valence-corrected chi connectivity index (χ0v) is 19.0. The van der Waals surface area contributed by atoms with Crippen molar-refractivity contribution >= 4 is 17.4 Å². The molecule has 1 aromatic heterocycles. The molecule has 11 heteroatoms. The highest BCUT2D eigenvalue weighted by molar-refractivity contribution is 6.28. The molecule has 0 radical (unpaired) electrons. The Morgan fingerprint density at radius 1 is 1.23 bits per heavy atom. The van der Waals surface area contributed by atoms with Crippen LogP contribution in [0.3, 0.4) is 0 Å². The van der Waals surface area contributed by atoms with Crippen molar-refractivity contribution in [3.05, 3.63) is 28.0 Å². The Labute approximate surface area is 183 Å². The highest BCUT2D eigenvalue weighted by Gasteiger charge is 2.44. The van der Waals surface area contributed by atoms with Gasteiger partial charge in [-0.25, -0.2) is 4.98 Å². The van der Waals surface area contributed by atoms with Crippen LogP contribution in [0.4, 0.5) is 5.82 Å². The van der Waals surface area contributed by atoms with Crippen LogP contribution in [0, 0.1) is 10.4 Å². The van der Waals surface area contributed by atoms with Crippen molar-refractivity contribution in [2.45, 2.75) is 57.7 Å². The van der Waals surface area contributed by atoms with Crippen molar-refractivity contribution in [1.29, 1.82) is 0 Å². The van der Waals surface area contributed by atoms with Crippen LogP contribution in [0.2, 0.25) is 5.28 Å². The van der Waals surface area contributed by atoms with Crippen molar-refractivity contribution in [1.82, 2.24) is 25.2 Å². The minimum absolute atomic E-state index is 0.0658. The molecule has 0 aromatic carbocycles. The van der Waals surface area contributed by atoms with E-state index in [2.05, 4.69) is 53.0 Å². The van der Waals surface area contributed by atoms with Gasteiger partial charge in [0.05, 0.1) is 29.3 Å². The summed E-state index contributed by atoms with van der Waals surface area (Å²) in [7, 11) is 0. The van der Waals surface area contributed by atoms with E-state index < -0.39 is 0 Å². The zero-order chi connectivity index (χ0) is 21.9. The van der Waals surface area contributed by atoms with Gasteiger partial charge < -0.3 is 20.8 Å². The van der Waals surface area contributed by atoms with E-state index in [0.29, 0.717) is 29.2 Å². The highest BCUT2D eigenvalue weighted by Crippen LogP contribution is 2.23. The van der Waals surface area contributed by atoms with Gasteiger partial charge in [-0.1, -0.05) is 0 Å². The Morgan fingerprint density at radius 3 is 2.47 bits per heavy atom. The highest BCUT2D eigenvalue weighted by atomic mass is 35.5. The average molecular weight is 441 g/mol. The first kappa shape index (κ1) is 23.1. The third-order valence-electron chi connectivity index (χ3n) is 5.99. The Morgan fingerprint density at radius 2 is 1.87 bits per heavy atom. The smallest absolute Gasteiger partial charge is 0.228 e. The van der Waals surface area contributed by atoms with E-state index in [9.17, 15) is 10.4 Å². The van der Waals surface area contributed by atoms with Crippen LogP contribution in [0.5, 0.6) is 0 Å². The van der Waals surface area contributed by atoms with Crippen LogP contribution < -0.4 is 10.4 Å². The van der Waals surface area contributed by atoms with Crippen LogP contribution in [-0.4, -0.2) is 81.2 Å².